The second-order valence-electron chi connectivity index (χ2n) is 9.40. The number of rotatable bonds is 5. The van der Waals surface area contributed by atoms with Crippen LogP contribution in [0.2, 0.25) is 5.02 Å². The summed E-state index contributed by atoms with van der Waals surface area (Å²) in [6, 6.07) is 26.0. The number of halogens is 1. The highest BCUT2D eigenvalue weighted by molar-refractivity contribution is 6.31. The minimum Gasteiger partial charge on any atom is -0.383 e. The molecule has 0 spiro atoms. The van der Waals surface area contributed by atoms with E-state index in [1.54, 1.807) is 0 Å². The first-order valence-electron chi connectivity index (χ1n) is 12.4. The number of anilines is 3. The third-order valence-electron chi connectivity index (χ3n) is 7.41. The Morgan fingerprint density at radius 2 is 1.57 bits per heavy atom. The number of fused-ring (bicyclic) bond motifs is 3. The molecule has 6 rings (SSSR count). The van der Waals surface area contributed by atoms with Crippen LogP contribution in [-0.2, 0) is 0 Å². The third kappa shape index (κ3) is 4.25. The van der Waals surface area contributed by atoms with Crippen LogP contribution in [0.3, 0.4) is 0 Å². The average molecular weight is 484 g/mol. The molecule has 1 aromatic heterocycles. The summed E-state index contributed by atoms with van der Waals surface area (Å²) in [6.07, 6.45) is 1.84. The van der Waals surface area contributed by atoms with Gasteiger partial charge in [0.05, 0.1) is 11.6 Å². The van der Waals surface area contributed by atoms with Crippen LogP contribution in [-0.4, -0.2) is 61.1 Å². The van der Waals surface area contributed by atoms with Gasteiger partial charge in [0.25, 0.3) is 0 Å². The zero-order valence-electron chi connectivity index (χ0n) is 20.0. The van der Waals surface area contributed by atoms with Gasteiger partial charge >= 0.3 is 0 Å². The van der Waals surface area contributed by atoms with E-state index >= 15 is 0 Å². The summed E-state index contributed by atoms with van der Waals surface area (Å²) in [7, 11) is 2.18. The Morgan fingerprint density at radius 3 is 2.29 bits per heavy atom. The quantitative estimate of drug-likeness (QED) is 0.388. The van der Waals surface area contributed by atoms with E-state index in [9.17, 15) is 0 Å². The molecule has 0 atom stereocenters. The molecule has 1 fully saturated rings. The molecule has 1 N–H and O–H groups in total. The molecule has 2 aliphatic rings. The molecule has 0 aliphatic carbocycles. The first-order valence-corrected chi connectivity index (χ1v) is 12.7. The van der Waals surface area contributed by atoms with E-state index in [0.717, 1.165) is 60.9 Å². The molecule has 0 saturated carbocycles. The van der Waals surface area contributed by atoms with Gasteiger partial charge in [0.2, 0.25) is 0 Å². The fraction of sp³-hybridized carbons (Fsp3) is 0.276. The summed E-state index contributed by atoms with van der Waals surface area (Å²) in [5.74, 6) is 0. The lowest BCUT2D eigenvalue weighted by Gasteiger charge is -2.44. The van der Waals surface area contributed by atoms with Crippen LogP contribution in [0.15, 0.2) is 79.0 Å². The van der Waals surface area contributed by atoms with Crippen LogP contribution in [0.25, 0.3) is 10.9 Å². The number of nitrogens with one attached hydrogen (secondary N) is 1. The van der Waals surface area contributed by atoms with Crippen molar-refractivity contribution < 1.29 is 0 Å². The lowest BCUT2D eigenvalue weighted by molar-refractivity contribution is 0.112. The summed E-state index contributed by atoms with van der Waals surface area (Å²) < 4.78 is 0. The van der Waals surface area contributed by atoms with E-state index in [4.69, 9.17) is 11.6 Å². The highest BCUT2D eigenvalue weighted by Gasteiger charge is 2.33. The molecule has 2 aliphatic heterocycles. The van der Waals surface area contributed by atoms with Gasteiger partial charge in [-0.25, -0.2) is 0 Å². The Kier molecular flexibility index (Phi) is 6.06. The van der Waals surface area contributed by atoms with Crippen molar-refractivity contribution in [1.29, 1.82) is 0 Å². The second-order valence-corrected chi connectivity index (χ2v) is 9.84. The van der Waals surface area contributed by atoms with Gasteiger partial charge in [-0.15, -0.1) is 0 Å². The molecule has 6 heteroatoms. The molecule has 3 heterocycles. The smallest absolute Gasteiger partial charge is 0.0737 e. The van der Waals surface area contributed by atoms with Gasteiger partial charge in [0, 0.05) is 80.0 Å². The largest absolute Gasteiger partial charge is 0.383 e. The maximum atomic E-state index is 6.13. The maximum Gasteiger partial charge on any atom is 0.0737 e. The van der Waals surface area contributed by atoms with Crippen LogP contribution in [0, 0.1) is 0 Å². The Morgan fingerprint density at radius 1 is 0.886 bits per heavy atom. The number of nitrogens with zero attached hydrogens (tertiary/aromatic N) is 4. The van der Waals surface area contributed by atoms with Crippen molar-refractivity contribution in [2.45, 2.75) is 6.04 Å². The molecule has 178 valence electrons. The van der Waals surface area contributed by atoms with E-state index in [0.29, 0.717) is 6.04 Å². The lowest BCUT2D eigenvalue weighted by Crippen LogP contribution is -2.49. The second kappa shape index (κ2) is 9.50. The monoisotopic (exact) mass is 483 g/mol. The molecule has 35 heavy (non-hydrogen) atoms. The summed E-state index contributed by atoms with van der Waals surface area (Å²) in [6.45, 7) is 6.20. The molecule has 4 aromatic rings. The highest BCUT2D eigenvalue weighted by Crippen LogP contribution is 2.46. The fourth-order valence-corrected chi connectivity index (χ4v) is 5.77. The predicted molar refractivity (Wildman–Crippen MR) is 146 cm³/mol. The fourth-order valence-electron chi connectivity index (χ4n) is 5.61. The minimum absolute atomic E-state index is 0.314. The Balaban J connectivity index is 1.12. The number of hydrogen-bond acceptors (Lipinski definition) is 5. The summed E-state index contributed by atoms with van der Waals surface area (Å²) in [4.78, 5) is 12.0. The number of benzene rings is 3. The van der Waals surface area contributed by atoms with Crippen molar-refractivity contribution in [1.82, 2.24) is 14.8 Å². The minimum atomic E-state index is 0.314. The number of para-hydroxylation sites is 2. The van der Waals surface area contributed by atoms with Crippen molar-refractivity contribution in [2.75, 3.05) is 56.5 Å². The topological polar surface area (TPSA) is 34.6 Å². The van der Waals surface area contributed by atoms with Crippen molar-refractivity contribution in [3.8, 4) is 0 Å². The van der Waals surface area contributed by atoms with Crippen molar-refractivity contribution >= 4 is 39.6 Å². The zero-order valence-corrected chi connectivity index (χ0v) is 20.7. The molecule has 0 radical (unpaired) electrons. The summed E-state index contributed by atoms with van der Waals surface area (Å²) in [5, 5.41) is 5.45. The molecule has 5 nitrogen and oxygen atoms in total. The standard InChI is InChI=1S/C29H30ClN5/c1-33-27-8-4-2-6-23(27)29(24-7-3-5-9-28(24)33)35-18-16-34(17-19-35)15-14-32-25-12-13-31-26-20-21(30)10-11-22(25)26/h2-13,20,29H,14-19H2,1H3,(H,31,32). The SMILES string of the molecule is CN1c2ccccc2C(N2CCN(CCNc3ccnc4cc(Cl)ccc34)CC2)c2ccccc21. The van der Waals surface area contributed by atoms with Crippen LogP contribution in [0.4, 0.5) is 17.1 Å². The molecular weight excluding hydrogens is 454 g/mol. The van der Waals surface area contributed by atoms with E-state index in [-0.39, 0.29) is 0 Å². The average Bonchev–Trinajstić information content (AvgIpc) is 2.90. The van der Waals surface area contributed by atoms with Gasteiger partial charge in [-0.05, 0) is 47.5 Å². The Hall–Kier alpha value is -3.12. The van der Waals surface area contributed by atoms with E-state index < -0.39 is 0 Å². The molecule has 1 saturated heterocycles. The van der Waals surface area contributed by atoms with Crippen molar-refractivity contribution in [3.05, 3.63) is 95.1 Å². The van der Waals surface area contributed by atoms with Crippen LogP contribution >= 0.6 is 11.6 Å². The van der Waals surface area contributed by atoms with Gasteiger partial charge in [-0.3, -0.25) is 14.8 Å². The number of hydrogen-bond donors (Lipinski definition) is 1. The predicted octanol–water partition coefficient (Wildman–Crippen LogP) is 5.79. The molecule has 0 unspecified atom stereocenters. The normalized spacial score (nSPS) is 16.8. The number of piperazine rings is 1. The lowest BCUT2D eigenvalue weighted by atomic mass is 9.89. The van der Waals surface area contributed by atoms with E-state index in [2.05, 4.69) is 80.6 Å². The van der Waals surface area contributed by atoms with Crippen molar-refractivity contribution in [3.63, 3.8) is 0 Å². The first kappa shape index (κ1) is 22.4. The molecule has 3 aromatic carbocycles. The Labute approximate surface area is 211 Å². The number of pyridine rings is 1. The molecule has 0 bridgehead atoms. The Bertz CT molecular complexity index is 1300. The van der Waals surface area contributed by atoms with Gasteiger partial charge < -0.3 is 10.2 Å². The van der Waals surface area contributed by atoms with Gasteiger partial charge in [-0.2, -0.15) is 0 Å². The van der Waals surface area contributed by atoms with Gasteiger partial charge in [-0.1, -0.05) is 48.0 Å². The number of aromatic nitrogens is 1. The maximum absolute atomic E-state index is 6.13. The third-order valence-corrected chi connectivity index (χ3v) is 7.64. The van der Waals surface area contributed by atoms with Crippen LogP contribution in [0.1, 0.15) is 17.2 Å². The van der Waals surface area contributed by atoms with E-state index in [1.807, 2.05) is 30.5 Å². The molecular formula is C29H30ClN5. The van der Waals surface area contributed by atoms with Gasteiger partial charge in [0.1, 0.15) is 0 Å². The van der Waals surface area contributed by atoms with Crippen LogP contribution < -0.4 is 10.2 Å². The summed E-state index contributed by atoms with van der Waals surface area (Å²) >= 11 is 6.13. The first-order chi connectivity index (χ1) is 17.2. The van der Waals surface area contributed by atoms with Gasteiger partial charge in [0.15, 0.2) is 0 Å². The summed E-state index contributed by atoms with van der Waals surface area (Å²) in [5.41, 5.74) is 7.49. The van der Waals surface area contributed by atoms with Crippen LogP contribution in [0.5, 0.6) is 0 Å². The van der Waals surface area contributed by atoms with Crippen molar-refractivity contribution in [2.24, 2.45) is 0 Å². The van der Waals surface area contributed by atoms with E-state index in [1.165, 1.54) is 22.5 Å². The zero-order chi connectivity index (χ0) is 23.8. The highest BCUT2D eigenvalue weighted by atomic mass is 35.5. The molecule has 0 amide bonds.